The highest BCUT2D eigenvalue weighted by molar-refractivity contribution is 5.99. The third kappa shape index (κ3) is 4.97. The van der Waals surface area contributed by atoms with E-state index in [9.17, 15) is 22.4 Å². The van der Waals surface area contributed by atoms with Crippen molar-refractivity contribution in [3.63, 3.8) is 0 Å². The van der Waals surface area contributed by atoms with E-state index in [0.717, 1.165) is 24.3 Å². The molecule has 0 radical (unpaired) electrons. The topological polar surface area (TPSA) is 50.4 Å². The van der Waals surface area contributed by atoms with Gasteiger partial charge in [0.2, 0.25) is 0 Å². The van der Waals surface area contributed by atoms with Gasteiger partial charge in [0.25, 0.3) is 0 Å². The van der Waals surface area contributed by atoms with Crippen LogP contribution in [0.25, 0.3) is 0 Å². The summed E-state index contributed by atoms with van der Waals surface area (Å²) in [7, 11) is 0. The molecule has 0 saturated heterocycles. The second kappa shape index (κ2) is 6.33. The molecule has 0 heterocycles. The van der Waals surface area contributed by atoms with Crippen LogP contribution in [0, 0.1) is 5.82 Å². The molecule has 2 aromatic rings. The maximum Gasteiger partial charge on any atom is 0.573 e. The molecule has 0 aromatic heterocycles. The summed E-state index contributed by atoms with van der Waals surface area (Å²) in [6, 6.07) is 9.16. The minimum atomic E-state index is -4.81. The quantitative estimate of drug-likeness (QED) is 0.827. The molecule has 0 spiro atoms. The summed E-state index contributed by atoms with van der Waals surface area (Å²) in [6.07, 6.45) is -4.81. The first-order valence-corrected chi connectivity index (χ1v) is 6.01. The van der Waals surface area contributed by atoms with Gasteiger partial charge in [-0.2, -0.15) is 0 Å². The number of urea groups is 1. The maximum atomic E-state index is 12.7. The molecule has 0 bridgehead atoms. The number of anilines is 2. The zero-order chi connectivity index (χ0) is 16.2. The van der Waals surface area contributed by atoms with Crippen molar-refractivity contribution in [3.05, 3.63) is 54.3 Å². The molecule has 8 heteroatoms. The number of carbonyl (C=O) groups is 1. The minimum absolute atomic E-state index is 0.112. The normalized spacial score (nSPS) is 10.9. The zero-order valence-corrected chi connectivity index (χ0v) is 10.9. The fourth-order valence-electron chi connectivity index (χ4n) is 1.60. The Hall–Kier alpha value is -2.77. The van der Waals surface area contributed by atoms with E-state index in [2.05, 4.69) is 15.4 Å². The molecule has 0 saturated carbocycles. The van der Waals surface area contributed by atoms with E-state index in [0.29, 0.717) is 5.69 Å². The number of hydrogen-bond acceptors (Lipinski definition) is 2. The molecule has 116 valence electrons. The lowest BCUT2D eigenvalue weighted by Crippen LogP contribution is -2.20. The van der Waals surface area contributed by atoms with Gasteiger partial charge in [0.1, 0.15) is 11.6 Å². The van der Waals surface area contributed by atoms with Gasteiger partial charge in [-0.1, -0.05) is 6.07 Å². The first-order valence-electron chi connectivity index (χ1n) is 6.01. The van der Waals surface area contributed by atoms with E-state index in [-0.39, 0.29) is 5.69 Å². The SMILES string of the molecule is O=C(Nc1ccc(F)cc1)Nc1cccc(OC(F)(F)F)c1. The highest BCUT2D eigenvalue weighted by Crippen LogP contribution is 2.25. The largest absolute Gasteiger partial charge is 0.573 e. The second-order valence-electron chi connectivity index (χ2n) is 4.16. The number of benzene rings is 2. The van der Waals surface area contributed by atoms with Crippen molar-refractivity contribution in [3.8, 4) is 5.75 Å². The summed E-state index contributed by atoms with van der Waals surface area (Å²) in [6.45, 7) is 0. The molecule has 2 N–H and O–H groups in total. The molecular formula is C14H10F4N2O2. The van der Waals surface area contributed by atoms with E-state index in [1.807, 2.05) is 0 Å². The van der Waals surface area contributed by atoms with Crippen LogP contribution in [0.15, 0.2) is 48.5 Å². The Labute approximate surface area is 122 Å². The zero-order valence-electron chi connectivity index (χ0n) is 10.9. The highest BCUT2D eigenvalue weighted by Gasteiger charge is 2.31. The third-order valence-corrected chi connectivity index (χ3v) is 2.43. The molecule has 0 aliphatic heterocycles. The van der Waals surface area contributed by atoms with Gasteiger partial charge in [0, 0.05) is 17.4 Å². The number of halogens is 4. The van der Waals surface area contributed by atoms with Crippen molar-refractivity contribution < 1.29 is 27.1 Å². The summed E-state index contributed by atoms with van der Waals surface area (Å²) >= 11 is 0. The van der Waals surface area contributed by atoms with Gasteiger partial charge in [0.15, 0.2) is 0 Å². The van der Waals surface area contributed by atoms with Gasteiger partial charge in [0.05, 0.1) is 0 Å². The average molecular weight is 314 g/mol. The van der Waals surface area contributed by atoms with E-state index < -0.39 is 24.0 Å². The second-order valence-corrected chi connectivity index (χ2v) is 4.16. The summed E-state index contributed by atoms with van der Waals surface area (Å²) in [4.78, 5) is 11.7. The van der Waals surface area contributed by atoms with E-state index in [1.165, 1.54) is 24.3 Å². The van der Waals surface area contributed by atoms with Crippen molar-refractivity contribution in [2.45, 2.75) is 6.36 Å². The predicted octanol–water partition coefficient (Wildman–Crippen LogP) is 4.37. The van der Waals surface area contributed by atoms with E-state index >= 15 is 0 Å². The molecule has 2 amide bonds. The molecule has 0 unspecified atom stereocenters. The van der Waals surface area contributed by atoms with Gasteiger partial charge in [-0.3, -0.25) is 0 Å². The van der Waals surface area contributed by atoms with Crippen LogP contribution in [0.1, 0.15) is 0 Å². The Morgan fingerprint density at radius 2 is 1.59 bits per heavy atom. The lowest BCUT2D eigenvalue weighted by Gasteiger charge is -2.11. The van der Waals surface area contributed by atoms with Crippen molar-refractivity contribution in [2.75, 3.05) is 10.6 Å². The Bertz CT molecular complexity index is 657. The highest BCUT2D eigenvalue weighted by atomic mass is 19.4. The summed E-state index contributed by atoms with van der Waals surface area (Å²) in [5.41, 5.74) is 0.447. The summed E-state index contributed by atoms with van der Waals surface area (Å²) in [5.74, 6) is -0.907. The average Bonchev–Trinajstić information content (AvgIpc) is 2.40. The molecular weight excluding hydrogens is 304 g/mol. The smallest absolute Gasteiger partial charge is 0.406 e. The van der Waals surface area contributed by atoms with Crippen molar-refractivity contribution >= 4 is 17.4 Å². The van der Waals surface area contributed by atoms with Crippen molar-refractivity contribution in [2.24, 2.45) is 0 Å². The molecule has 22 heavy (non-hydrogen) atoms. The van der Waals surface area contributed by atoms with Crippen LogP contribution in [-0.2, 0) is 0 Å². The lowest BCUT2D eigenvalue weighted by molar-refractivity contribution is -0.274. The Morgan fingerprint density at radius 1 is 0.955 bits per heavy atom. The van der Waals surface area contributed by atoms with Crippen LogP contribution in [-0.4, -0.2) is 12.4 Å². The maximum absolute atomic E-state index is 12.7. The number of amides is 2. The number of alkyl halides is 3. The fourth-order valence-corrected chi connectivity index (χ4v) is 1.60. The van der Waals surface area contributed by atoms with E-state index in [4.69, 9.17) is 0 Å². The third-order valence-electron chi connectivity index (χ3n) is 2.43. The molecule has 0 aliphatic rings. The van der Waals surface area contributed by atoms with Crippen LogP contribution < -0.4 is 15.4 Å². The van der Waals surface area contributed by atoms with Gasteiger partial charge in [-0.25, -0.2) is 9.18 Å². The van der Waals surface area contributed by atoms with Crippen LogP contribution in [0.4, 0.5) is 33.7 Å². The Balaban J connectivity index is 1.99. The standard InChI is InChI=1S/C14H10F4N2O2/c15-9-4-6-10(7-5-9)19-13(21)20-11-2-1-3-12(8-11)22-14(16,17)18/h1-8H,(H2,19,20,21). The van der Waals surface area contributed by atoms with Gasteiger partial charge in [-0.05, 0) is 36.4 Å². The van der Waals surface area contributed by atoms with Crippen LogP contribution in [0.2, 0.25) is 0 Å². The molecule has 4 nitrogen and oxygen atoms in total. The minimum Gasteiger partial charge on any atom is -0.406 e. The Morgan fingerprint density at radius 3 is 2.23 bits per heavy atom. The lowest BCUT2D eigenvalue weighted by atomic mass is 10.3. The van der Waals surface area contributed by atoms with E-state index in [1.54, 1.807) is 0 Å². The van der Waals surface area contributed by atoms with Gasteiger partial charge >= 0.3 is 12.4 Å². The van der Waals surface area contributed by atoms with Crippen LogP contribution in [0.3, 0.4) is 0 Å². The molecule has 0 fully saturated rings. The van der Waals surface area contributed by atoms with Crippen molar-refractivity contribution in [1.82, 2.24) is 0 Å². The first kappa shape index (κ1) is 15.6. The number of rotatable bonds is 3. The predicted molar refractivity (Wildman–Crippen MR) is 72.2 cm³/mol. The number of carbonyl (C=O) groups excluding carboxylic acids is 1. The van der Waals surface area contributed by atoms with Crippen molar-refractivity contribution in [1.29, 1.82) is 0 Å². The van der Waals surface area contributed by atoms with Gasteiger partial charge in [-0.15, -0.1) is 13.2 Å². The van der Waals surface area contributed by atoms with Gasteiger partial charge < -0.3 is 15.4 Å². The number of nitrogens with one attached hydrogen (secondary N) is 2. The first-order chi connectivity index (χ1) is 10.3. The fraction of sp³-hybridized carbons (Fsp3) is 0.0714. The van der Waals surface area contributed by atoms with Crippen LogP contribution >= 0.6 is 0 Å². The molecule has 0 atom stereocenters. The number of hydrogen-bond donors (Lipinski definition) is 2. The summed E-state index contributed by atoms with van der Waals surface area (Å²) < 4.78 is 52.8. The molecule has 2 aromatic carbocycles. The number of ether oxygens (including phenoxy) is 1. The summed E-state index contributed by atoms with van der Waals surface area (Å²) in [5, 5.41) is 4.75. The van der Waals surface area contributed by atoms with Crippen LogP contribution in [0.5, 0.6) is 5.75 Å². The molecule has 2 rings (SSSR count). The Kier molecular flexibility index (Phi) is 4.50. The molecule has 0 aliphatic carbocycles. The monoisotopic (exact) mass is 314 g/mol.